The van der Waals surface area contributed by atoms with E-state index in [9.17, 15) is 0 Å². The molecule has 25 heavy (non-hydrogen) atoms. The molecule has 2 aromatic rings. The van der Waals surface area contributed by atoms with Crippen LogP contribution in [0.2, 0.25) is 0 Å². The van der Waals surface area contributed by atoms with Crippen LogP contribution in [0.3, 0.4) is 0 Å². The number of ether oxygens (including phenoxy) is 1. The molecule has 0 saturated heterocycles. The van der Waals surface area contributed by atoms with E-state index in [1.54, 1.807) is 7.11 Å². The Labute approximate surface area is 166 Å². The summed E-state index contributed by atoms with van der Waals surface area (Å²) < 4.78 is 5.21. The van der Waals surface area contributed by atoms with Gasteiger partial charge < -0.3 is 20.7 Å². The number of nitrogens with one attached hydrogen (secondary N) is 1. The molecule has 3 rings (SSSR count). The van der Waals surface area contributed by atoms with E-state index in [-0.39, 0.29) is 24.0 Å². The number of hydrogen-bond donors (Lipinski definition) is 2. The van der Waals surface area contributed by atoms with Crippen molar-refractivity contribution in [2.75, 3.05) is 37.5 Å². The average Bonchev–Trinajstić information content (AvgIpc) is 2.60. The lowest BCUT2D eigenvalue weighted by molar-refractivity contribution is 0.415. The fourth-order valence-electron chi connectivity index (χ4n) is 3.16. The maximum Gasteiger partial charge on any atom is 0.193 e. The molecule has 0 amide bonds. The highest BCUT2D eigenvalue weighted by molar-refractivity contribution is 14.0. The fraction of sp³-hybridized carbons (Fsp3) is 0.316. The average molecular weight is 452 g/mol. The molecule has 0 radical (unpaired) electrons. The van der Waals surface area contributed by atoms with Crippen molar-refractivity contribution in [2.24, 2.45) is 16.6 Å². The van der Waals surface area contributed by atoms with E-state index >= 15 is 0 Å². The molecule has 2 aromatic carbocycles. The van der Waals surface area contributed by atoms with Gasteiger partial charge in [0.05, 0.1) is 7.11 Å². The van der Waals surface area contributed by atoms with Crippen molar-refractivity contribution in [3.8, 4) is 5.75 Å². The zero-order chi connectivity index (χ0) is 16.9. The van der Waals surface area contributed by atoms with Gasteiger partial charge in [0.15, 0.2) is 5.96 Å². The molecule has 1 unspecified atom stereocenters. The lowest BCUT2D eigenvalue weighted by Gasteiger charge is -2.32. The van der Waals surface area contributed by atoms with Crippen LogP contribution in [0.4, 0.5) is 11.4 Å². The lowest BCUT2D eigenvalue weighted by atomic mass is 9.93. The van der Waals surface area contributed by atoms with Crippen LogP contribution in [0.25, 0.3) is 0 Å². The molecule has 0 spiro atoms. The first-order chi connectivity index (χ1) is 11.7. The smallest absolute Gasteiger partial charge is 0.193 e. The van der Waals surface area contributed by atoms with E-state index in [1.807, 2.05) is 24.3 Å². The van der Waals surface area contributed by atoms with E-state index in [0.717, 1.165) is 24.4 Å². The third-order valence-electron chi connectivity index (χ3n) is 4.31. The minimum atomic E-state index is 0. The molecule has 6 heteroatoms. The molecule has 3 N–H and O–H groups in total. The van der Waals surface area contributed by atoms with Gasteiger partial charge in [-0.1, -0.05) is 24.3 Å². The first-order valence-electron chi connectivity index (χ1n) is 8.15. The van der Waals surface area contributed by atoms with Crippen LogP contribution in [-0.2, 0) is 6.42 Å². The van der Waals surface area contributed by atoms with Crippen molar-refractivity contribution in [3.05, 3.63) is 54.1 Å². The Balaban J connectivity index is 0.00000225. The van der Waals surface area contributed by atoms with Crippen molar-refractivity contribution in [1.29, 1.82) is 0 Å². The van der Waals surface area contributed by atoms with Crippen molar-refractivity contribution in [1.82, 2.24) is 0 Å². The normalized spacial score (nSPS) is 16.6. The SMILES string of the molecule is COc1cccc(NC(N)=NCC2Cc3ccccc3N(C)C2)c1.I. The highest BCUT2D eigenvalue weighted by atomic mass is 127. The second kappa shape index (κ2) is 8.94. The number of nitrogens with zero attached hydrogens (tertiary/aromatic N) is 2. The van der Waals surface area contributed by atoms with Crippen LogP contribution in [0.5, 0.6) is 5.75 Å². The van der Waals surface area contributed by atoms with Gasteiger partial charge in [0.1, 0.15) is 5.75 Å². The van der Waals surface area contributed by atoms with Gasteiger partial charge in [0.2, 0.25) is 0 Å². The zero-order valence-corrected chi connectivity index (χ0v) is 16.9. The van der Waals surface area contributed by atoms with Crippen LogP contribution < -0.4 is 20.7 Å². The molecule has 1 atom stereocenters. The highest BCUT2D eigenvalue weighted by Gasteiger charge is 2.21. The summed E-state index contributed by atoms with van der Waals surface area (Å²) in [4.78, 5) is 6.82. The number of hydrogen-bond acceptors (Lipinski definition) is 3. The second-order valence-electron chi connectivity index (χ2n) is 6.16. The van der Waals surface area contributed by atoms with Gasteiger partial charge >= 0.3 is 0 Å². The number of aliphatic imine (C=N–C) groups is 1. The van der Waals surface area contributed by atoms with E-state index in [2.05, 4.69) is 46.5 Å². The topological polar surface area (TPSA) is 62.9 Å². The highest BCUT2D eigenvalue weighted by Crippen LogP contribution is 2.28. The van der Waals surface area contributed by atoms with E-state index < -0.39 is 0 Å². The van der Waals surface area contributed by atoms with Crippen molar-refractivity contribution >= 4 is 41.3 Å². The van der Waals surface area contributed by atoms with Crippen LogP contribution in [0.1, 0.15) is 5.56 Å². The van der Waals surface area contributed by atoms with E-state index in [0.29, 0.717) is 18.4 Å². The summed E-state index contributed by atoms with van der Waals surface area (Å²) in [5, 5.41) is 3.12. The van der Waals surface area contributed by atoms with Gasteiger partial charge in [-0.2, -0.15) is 0 Å². The van der Waals surface area contributed by atoms with Gasteiger partial charge in [0, 0.05) is 43.5 Å². The summed E-state index contributed by atoms with van der Waals surface area (Å²) >= 11 is 0. The number of fused-ring (bicyclic) bond motifs is 1. The molecular formula is C19H25IN4O. The Morgan fingerprint density at radius 1 is 1.28 bits per heavy atom. The Hall–Kier alpha value is -1.96. The number of anilines is 2. The largest absolute Gasteiger partial charge is 0.497 e. The summed E-state index contributed by atoms with van der Waals surface area (Å²) in [7, 11) is 3.78. The van der Waals surface area contributed by atoms with Crippen molar-refractivity contribution in [2.45, 2.75) is 6.42 Å². The number of rotatable bonds is 4. The number of nitrogens with two attached hydrogens (primary N) is 1. The molecule has 0 aromatic heterocycles. The van der Waals surface area contributed by atoms with Crippen LogP contribution in [0, 0.1) is 5.92 Å². The monoisotopic (exact) mass is 452 g/mol. The molecule has 5 nitrogen and oxygen atoms in total. The Kier molecular flexibility index (Phi) is 6.92. The number of guanidine groups is 1. The predicted molar refractivity (Wildman–Crippen MR) is 115 cm³/mol. The number of para-hydroxylation sites is 1. The third-order valence-corrected chi connectivity index (χ3v) is 4.31. The third kappa shape index (κ3) is 5.01. The van der Waals surface area contributed by atoms with Crippen LogP contribution in [0.15, 0.2) is 53.5 Å². The van der Waals surface area contributed by atoms with E-state index in [1.165, 1.54) is 11.3 Å². The zero-order valence-electron chi connectivity index (χ0n) is 14.6. The summed E-state index contributed by atoms with van der Waals surface area (Å²) in [6, 6.07) is 16.2. The Morgan fingerprint density at radius 2 is 2.08 bits per heavy atom. The summed E-state index contributed by atoms with van der Waals surface area (Å²) in [6.45, 7) is 1.70. The molecule has 1 heterocycles. The standard InChI is InChI=1S/C19H24N4O.HI/c1-23-13-14(10-15-6-3-4-9-18(15)23)12-21-19(20)22-16-7-5-8-17(11-16)24-2;/h3-9,11,14H,10,12-13H2,1-2H3,(H3,20,21,22);1H. The van der Waals surface area contributed by atoms with Gasteiger partial charge in [-0.25, -0.2) is 0 Å². The van der Waals surface area contributed by atoms with Gasteiger partial charge in [-0.15, -0.1) is 24.0 Å². The molecule has 0 saturated carbocycles. The molecule has 0 fully saturated rings. The fourth-order valence-corrected chi connectivity index (χ4v) is 3.16. The Bertz CT molecular complexity index is 735. The van der Waals surface area contributed by atoms with Gasteiger partial charge in [-0.05, 0) is 30.2 Å². The molecule has 134 valence electrons. The number of benzene rings is 2. The maximum atomic E-state index is 6.03. The number of methoxy groups -OCH3 is 1. The molecule has 1 aliphatic heterocycles. The van der Waals surface area contributed by atoms with E-state index in [4.69, 9.17) is 10.5 Å². The summed E-state index contributed by atoms with van der Waals surface area (Å²) in [5.74, 6) is 1.69. The molecule has 0 aliphatic carbocycles. The van der Waals surface area contributed by atoms with Gasteiger partial charge in [0.25, 0.3) is 0 Å². The molecule has 1 aliphatic rings. The number of halogens is 1. The van der Waals surface area contributed by atoms with Gasteiger partial charge in [-0.3, -0.25) is 4.99 Å². The lowest BCUT2D eigenvalue weighted by Crippen LogP contribution is -2.34. The van der Waals surface area contributed by atoms with Crippen LogP contribution in [-0.4, -0.2) is 33.2 Å². The first kappa shape index (κ1) is 19.4. The molecule has 0 bridgehead atoms. The van der Waals surface area contributed by atoms with Crippen molar-refractivity contribution in [3.63, 3.8) is 0 Å². The minimum absolute atomic E-state index is 0. The second-order valence-corrected chi connectivity index (χ2v) is 6.16. The first-order valence-corrected chi connectivity index (χ1v) is 8.15. The predicted octanol–water partition coefficient (Wildman–Crippen LogP) is 3.35. The quantitative estimate of drug-likeness (QED) is 0.425. The molecular weight excluding hydrogens is 427 g/mol. The minimum Gasteiger partial charge on any atom is -0.497 e. The maximum absolute atomic E-state index is 6.03. The summed E-state index contributed by atoms with van der Waals surface area (Å²) in [5.41, 5.74) is 9.60. The van der Waals surface area contributed by atoms with Crippen molar-refractivity contribution < 1.29 is 4.74 Å². The van der Waals surface area contributed by atoms with Crippen LogP contribution >= 0.6 is 24.0 Å². The summed E-state index contributed by atoms with van der Waals surface area (Å²) in [6.07, 6.45) is 1.04. The Morgan fingerprint density at radius 3 is 2.88 bits per heavy atom.